The molecule has 0 saturated carbocycles. The van der Waals surface area contributed by atoms with E-state index in [4.69, 9.17) is 10.5 Å². The summed E-state index contributed by atoms with van der Waals surface area (Å²) in [7, 11) is 0. The molecule has 6 nitrogen and oxygen atoms in total. The van der Waals surface area contributed by atoms with Crippen molar-refractivity contribution in [2.45, 2.75) is 32.4 Å². The molecule has 0 bridgehead atoms. The summed E-state index contributed by atoms with van der Waals surface area (Å²) in [5, 5.41) is 2.95. The molecule has 17 heavy (non-hydrogen) atoms. The minimum Gasteiger partial charge on any atom is -0.378 e. The van der Waals surface area contributed by atoms with Gasteiger partial charge in [-0.25, -0.2) is 0 Å². The van der Waals surface area contributed by atoms with Crippen molar-refractivity contribution in [3.05, 3.63) is 0 Å². The van der Waals surface area contributed by atoms with Gasteiger partial charge in [0.05, 0.1) is 24.8 Å². The van der Waals surface area contributed by atoms with Gasteiger partial charge in [-0.3, -0.25) is 14.9 Å². The average molecular weight is 243 g/mol. The fourth-order valence-corrected chi connectivity index (χ4v) is 1.73. The fourth-order valence-electron chi connectivity index (χ4n) is 1.73. The quantitative estimate of drug-likeness (QED) is 0.669. The van der Waals surface area contributed by atoms with Crippen LogP contribution in [0.25, 0.3) is 0 Å². The van der Waals surface area contributed by atoms with Crippen LogP contribution in [0, 0.1) is 0 Å². The number of carbonyl (C=O) groups is 2. The van der Waals surface area contributed by atoms with Gasteiger partial charge in [0, 0.05) is 13.1 Å². The van der Waals surface area contributed by atoms with Crippen LogP contribution in [0.5, 0.6) is 0 Å². The molecular weight excluding hydrogens is 222 g/mol. The van der Waals surface area contributed by atoms with Gasteiger partial charge in [-0.1, -0.05) is 0 Å². The summed E-state index contributed by atoms with van der Waals surface area (Å²) in [6, 6.07) is -0.435. The number of morpholine rings is 1. The van der Waals surface area contributed by atoms with Gasteiger partial charge in [-0.15, -0.1) is 0 Å². The Hall–Kier alpha value is -1.14. The van der Waals surface area contributed by atoms with Crippen LogP contribution in [0.1, 0.15) is 20.8 Å². The highest BCUT2D eigenvalue weighted by molar-refractivity contribution is 5.86. The van der Waals surface area contributed by atoms with Gasteiger partial charge in [-0.05, 0) is 20.8 Å². The second-order valence-electron chi connectivity index (χ2n) is 4.79. The Bertz CT molecular complexity index is 298. The molecule has 0 aromatic heterocycles. The van der Waals surface area contributed by atoms with Gasteiger partial charge >= 0.3 is 0 Å². The van der Waals surface area contributed by atoms with E-state index in [2.05, 4.69) is 5.32 Å². The van der Waals surface area contributed by atoms with Crippen LogP contribution in [0.2, 0.25) is 0 Å². The molecule has 0 radical (unpaired) electrons. The molecule has 0 aromatic rings. The first-order chi connectivity index (χ1) is 7.84. The van der Waals surface area contributed by atoms with E-state index in [0.717, 1.165) is 0 Å². The Labute approximate surface area is 101 Å². The molecule has 0 aliphatic carbocycles. The third kappa shape index (κ3) is 3.67. The van der Waals surface area contributed by atoms with Crippen LogP contribution in [0.15, 0.2) is 0 Å². The molecule has 3 N–H and O–H groups in total. The zero-order valence-corrected chi connectivity index (χ0v) is 10.7. The van der Waals surface area contributed by atoms with E-state index in [1.165, 1.54) is 0 Å². The summed E-state index contributed by atoms with van der Waals surface area (Å²) in [6.45, 7) is 7.40. The van der Waals surface area contributed by atoms with Gasteiger partial charge in [0.1, 0.15) is 0 Å². The lowest BCUT2D eigenvalue weighted by Crippen LogP contribution is -2.58. The number of primary amides is 1. The Morgan fingerprint density at radius 3 is 2.35 bits per heavy atom. The zero-order valence-electron chi connectivity index (χ0n) is 10.7. The van der Waals surface area contributed by atoms with E-state index < -0.39 is 17.5 Å². The number of nitrogens with two attached hydrogens (primary N) is 1. The summed E-state index contributed by atoms with van der Waals surface area (Å²) in [6.07, 6.45) is 0. The van der Waals surface area contributed by atoms with Crippen LogP contribution in [0.4, 0.5) is 0 Å². The number of carbonyl (C=O) groups excluding carboxylic acids is 2. The predicted octanol–water partition coefficient (Wildman–Crippen LogP) is -0.913. The highest BCUT2D eigenvalue weighted by Crippen LogP contribution is 2.06. The summed E-state index contributed by atoms with van der Waals surface area (Å²) >= 11 is 0. The third-order valence-corrected chi connectivity index (χ3v) is 2.89. The smallest absolute Gasteiger partial charge is 0.239 e. The lowest BCUT2D eigenvalue weighted by Gasteiger charge is -2.32. The van der Waals surface area contributed by atoms with Crippen molar-refractivity contribution in [1.29, 1.82) is 0 Å². The molecule has 1 atom stereocenters. The molecular formula is C11H21N3O3. The molecule has 98 valence electrons. The van der Waals surface area contributed by atoms with Gasteiger partial charge in [0.15, 0.2) is 0 Å². The standard InChI is InChI=1S/C11H21N3O3/c1-8(13-11(2,3)10(12)16)9(15)14-4-6-17-7-5-14/h8,13H,4-7H2,1-3H3,(H2,12,16). The number of amides is 2. The second-order valence-corrected chi connectivity index (χ2v) is 4.79. The first kappa shape index (κ1) is 13.9. The summed E-state index contributed by atoms with van der Waals surface area (Å²) in [5.41, 5.74) is 4.36. The number of hydrogen-bond donors (Lipinski definition) is 2. The summed E-state index contributed by atoms with van der Waals surface area (Å²) < 4.78 is 5.18. The molecule has 0 spiro atoms. The molecule has 2 amide bonds. The Morgan fingerprint density at radius 2 is 1.88 bits per heavy atom. The van der Waals surface area contributed by atoms with E-state index in [1.54, 1.807) is 25.7 Å². The van der Waals surface area contributed by atoms with E-state index in [1.807, 2.05) is 0 Å². The fraction of sp³-hybridized carbons (Fsp3) is 0.818. The highest BCUT2D eigenvalue weighted by Gasteiger charge is 2.31. The van der Waals surface area contributed by atoms with Crippen molar-refractivity contribution in [2.24, 2.45) is 5.73 Å². The van der Waals surface area contributed by atoms with E-state index in [0.29, 0.717) is 26.3 Å². The van der Waals surface area contributed by atoms with Crippen molar-refractivity contribution in [2.75, 3.05) is 26.3 Å². The van der Waals surface area contributed by atoms with Crippen molar-refractivity contribution in [3.63, 3.8) is 0 Å². The molecule has 1 unspecified atom stereocenters. The Balaban J connectivity index is 2.54. The number of rotatable bonds is 4. The van der Waals surface area contributed by atoms with Gasteiger partial charge in [-0.2, -0.15) is 0 Å². The molecule has 0 aromatic carbocycles. The second kappa shape index (κ2) is 5.46. The first-order valence-corrected chi connectivity index (χ1v) is 5.79. The van der Waals surface area contributed by atoms with Crippen LogP contribution in [0.3, 0.4) is 0 Å². The molecule has 1 fully saturated rings. The molecule has 6 heteroatoms. The summed E-state index contributed by atoms with van der Waals surface area (Å²) in [5.74, 6) is -0.498. The van der Waals surface area contributed by atoms with Gasteiger partial charge in [0.25, 0.3) is 0 Å². The maximum absolute atomic E-state index is 12.1. The highest BCUT2D eigenvalue weighted by atomic mass is 16.5. The lowest BCUT2D eigenvalue weighted by molar-refractivity contribution is -0.138. The Morgan fingerprint density at radius 1 is 1.35 bits per heavy atom. The SMILES string of the molecule is CC(NC(C)(C)C(N)=O)C(=O)N1CCOCC1. The van der Waals surface area contributed by atoms with Crippen molar-refractivity contribution in [1.82, 2.24) is 10.2 Å². The molecule has 1 aliphatic heterocycles. The van der Waals surface area contributed by atoms with Crippen LogP contribution in [-0.4, -0.2) is 54.6 Å². The minimum absolute atomic E-state index is 0.0253. The largest absolute Gasteiger partial charge is 0.378 e. The monoisotopic (exact) mass is 243 g/mol. The first-order valence-electron chi connectivity index (χ1n) is 5.79. The molecule has 1 saturated heterocycles. The number of nitrogens with zero attached hydrogens (tertiary/aromatic N) is 1. The molecule has 1 rings (SSSR count). The lowest BCUT2D eigenvalue weighted by atomic mass is 10.0. The normalized spacial score (nSPS) is 18.9. The summed E-state index contributed by atoms with van der Waals surface area (Å²) in [4.78, 5) is 25.0. The average Bonchev–Trinajstić information content (AvgIpc) is 2.28. The number of ether oxygens (including phenoxy) is 1. The van der Waals surface area contributed by atoms with Crippen molar-refractivity contribution < 1.29 is 14.3 Å². The Kier molecular flexibility index (Phi) is 4.47. The van der Waals surface area contributed by atoms with Gasteiger partial charge in [0.2, 0.25) is 11.8 Å². The van der Waals surface area contributed by atoms with Crippen LogP contribution in [-0.2, 0) is 14.3 Å². The zero-order chi connectivity index (χ0) is 13.1. The maximum atomic E-state index is 12.1. The topological polar surface area (TPSA) is 84.7 Å². The van der Waals surface area contributed by atoms with Crippen LogP contribution < -0.4 is 11.1 Å². The van der Waals surface area contributed by atoms with E-state index in [-0.39, 0.29) is 5.91 Å². The van der Waals surface area contributed by atoms with E-state index >= 15 is 0 Å². The maximum Gasteiger partial charge on any atom is 0.239 e. The molecule has 1 aliphatic rings. The van der Waals surface area contributed by atoms with Gasteiger partial charge < -0.3 is 15.4 Å². The van der Waals surface area contributed by atoms with E-state index in [9.17, 15) is 9.59 Å². The molecule has 1 heterocycles. The van der Waals surface area contributed by atoms with Crippen molar-refractivity contribution >= 4 is 11.8 Å². The number of nitrogens with one attached hydrogen (secondary N) is 1. The van der Waals surface area contributed by atoms with Crippen LogP contribution >= 0.6 is 0 Å². The van der Waals surface area contributed by atoms with Crippen molar-refractivity contribution in [3.8, 4) is 0 Å². The minimum atomic E-state index is -0.888. The third-order valence-electron chi connectivity index (χ3n) is 2.89. The predicted molar refractivity (Wildman–Crippen MR) is 63.3 cm³/mol. The number of hydrogen-bond acceptors (Lipinski definition) is 4.